The molecular weight excluding hydrogens is 386 g/mol. The molecule has 1 saturated heterocycles. The summed E-state index contributed by atoms with van der Waals surface area (Å²) in [6, 6.07) is 10.4. The van der Waals surface area contributed by atoms with Crippen LogP contribution in [0.5, 0.6) is 0 Å². The number of fused-ring (bicyclic) bond motifs is 2. The van der Waals surface area contributed by atoms with Crippen LogP contribution in [0.25, 0.3) is 5.57 Å². The van der Waals surface area contributed by atoms with Crippen LogP contribution in [-0.4, -0.2) is 34.2 Å². The fourth-order valence-electron chi connectivity index (χ4n) is 4.45. The lowest BCUT2D eigenvalue weighted by molar-refractivity contribution is -0.113. The molecule has 150 valence electrons. The van der Waals surface area contributed by atoms with Gasteiger partial charge in [-0.15, -0.1) is 0 Å². The fraction of sp³-hybridized carbons (Fsp3) is 0.409. The SMILES string of the molecule is CCC(=C1SC(N2CCC3(CC2)OCc2ccccc23)=NC1=O)c1cc(C)on1. The number of aliphatic imine (C=N–C) groups is 1. The van der Waals surface area contributed by atoms with Crippen molar-refractivity contribution < 1.29 is 14.1 Å². The van der Waals surface area contributed by atoms with E-state index in [0.717, 1.165) is 48.1 Å². The molecule has 5 rings (SSSR count). The lowest BCUT2D eigenvalue weighted by Crippen LogP contribution is -2.44. The number of nitrogens with zero attached hydrogens (tertiary/aromatic N) is 3. The van der Waals surface area contributed by atoms with Crippen molar-refractivity contribution in [1.82, 2.24) is 10.1 Å². The number of carbonyl (C=O) groups is 1. The molecule has 7 heteroatoms. The summed E-state index contributed by atoms with van der Waals surface area (Å²) < 4.78 is 11.5. The molecule has 4 heterocycles. The fourth-order valence-corrected chi connectivity index (χ4v) is 5.57. The Labute approximate surface area is 174 Å². The lowest BCUT2D eigenvalue weighted by atomic mass is 9.84. The number of aryl methyl sites for hydroxylation is 1. The van der Waals surface area contributed by atoms with Crippen LogP contribution in [0.1, 0.15) is 48.8 Å². The van der Waals surface area contributed by atoms with Crippen LogP contribution in [-0.2, 0) is 21.7 Å². The first kappa shape index (κ1) is 18.6. The summed E-state index contributed by atoms with van der Waals surface area (Å²) >= 11 is 1.46. The first-order chi connectivity index (χ1) is 14.1. The van der Waals surface area contributed by atoms with Gasteiger partial charge in [-0.25, -0.2) is 0 Å². The number of rotatable bonds is 2. The summed E-state index contributed by atoms with van der Waals surface area (Å²) in [6.45, 7) is 6.22. The van der Waals surface area contributed by atoms with Crippen molar-refractivity contribution >= 4 is 28.4 Å². The Hall–Kier alpha value is -2.38. The Balaban J connectivity index is 1.33. The number of piperidine rings is 1. The molecule has 0 atom stereocenters. The third kappa shape index (κ3) is 3.13. The van der Waals surface area contributed by atoms with Crippen LogP contribution in [0.4, 0.5) is 0 Å². The van der Waals surface area contributed by atoms with Crippen molar-refractivity contribution in [3.05, 3.63) is 57.8 Å². The number of aromatic nitrogens is 1. The van der Waals surface area contributed by atoms with Gasteiger partial charge in [0.1, 0.15) is 11.5 Å². The van der Waals surface area contributed by atoms with Gasteiger partial charge in [0.15, 0.2) is 5.17 Å². The summed E-state index contributed by atoms with van der Waals surface area (Å²) in [4.78, 5) is 19.9. The van der Waals surface area contributed by atoms with Crippen molar-refractivity contribution in [3.63, 3.8) is 0 Å². The van der Waals surface area contributed by atoms with Gasteiger partial charge >= 0.3 is 0 Å². The summed E-state index contributed by atoms with van der Waals surface area (Å²) in [5.74, 6) is 0.562. The quantitative estimate of drug-likeness (QED) is 0.691. The minimum Gasteiger partial charge on any atom is -0.365 e. The van der Waals surface area contributed by atoms with Crippen LogP contribution in [0.3, 0.4) is 0 Å². The predicted octanol–water partition coefficient (Wildman–Crippen LogP) is 4.26. The van der Waals surface area contributed by atoms with Crippen molar-refractivity contribution in [2.45, 2.75) is 45.3 Å². The first-order valence-electron chi connectivity index (χ1n) is 10.0. The Morgan fingerprint density at radius 3 is 2.79 bits per heavy atom. The largest absolute Gasteiger partial charge is 0.365 e. The number of allylic oxidation sites excluding steroid dienone is 1. The number of hydrogen-bond donors (Lipinski definition) is 0. The highest BCUT2D eigenvalue weighted by atomic mass is 32.2. The van der Waals surface area contributed by atoms with E-state index in [1.807, 2.05) is 19.9 Å². The highest BCUT2D eigenvalue weighted by Crippen LogP contribution is 2.45. The van der Waals surface area contributed by atoms with Crippen molar-refractivity contribution in [2.75, 3.05) is 13.1 Å². The number of amidine groups is 1. The molecule has 6 nitrogen and oxygen atoms in total. The van der Waals surface area contributed by atoms with E-state index in [1.54, 1.807) is 0 Å². The molecule has 0 aliphatic carbocycles. The maximum absolute atomic E-state index is 12.6. The van der Waals surface area contributed by atoms with Gasteiger partial charge in [0.2, 0.25) is 0 Å². The third-order valence-corrected chi connectivity index (χ3v) is 7.16. The van der Waals surface area contributed by atoms with Gasteiger partial charge < -0.3 is 14.2 Å². The predicted molar refractivity (Wildman–Crippen MR) is 112 cm³/mol. The van der Waals surface area contributed by atoms with E-state index in [2.05, 4.69) is 39.3 Å². The maximum atomic E-state index is 12.6. The molecule has 1 amide bonds. The van der Waals surface area contributed by atoms with Gasteiger partial charge in [0, 0.05) is 24.7 Å². The minimum absolute atomic E-state index is 0.176. The Morgan fingerprint density at radius 1 is 1.28 bits per heavy atom. The van der Waals surface area contributed by atoms with Crippen LogP contribution in [0, 0.1) is 6.92 Å². The molecule has 1 spiro atoms. The zero-order valence-electron chi connectivity index (χ0n) is 16.6. The monoisotopic (exact) mass is 409 g/mol. The van der Waals surface area contributed by atoms with Crippen LogP contribution < -0.4 is 0 Å². The number of ether oxygens (including phenoxy) is 1. The molecule has 29 heavy (non-hydrogen) atoms. The number of likely N-dealkylation sites (tertiary alicyclic amines) is 1. The molecule has 3 aliphatic heterocycles. The number of amides is 1. The molecule has 0 radical (unpaired) electrons. The molecular formula is C22H23N3O3S. The Morgan fingerprint density at radius 2 is 2.07 bits per heavy atom. The maximum Gasteiger partial charge on any atom is 0.286 e. The molecule has 1 aromatic heterocycles. The van der Waals surface area contributed by atoms with E-state index in [-0.39, 0.29) is 11.5 Å². The lowest BCUT2D eigenvalue weighted by Gasteiger charge is -2.39. The average molecular weight is 410 g/mol. The zero-order chi connectivity index (χ0) is 20.0. The van der Waals surface area contributed by atoms with Crippen molar-refractivity contribution in [2.24, 2.45) is 4.99 Å². The molecule has 1 aromatic carbocycles. The van der Waals surface area contributed by atoms with Gasteiger partial charge in [-0.05, 0) is 49.1 Å². The van der Waals surface area contributed by atoms with Crippen LogP contribution in [0.15, 0.2) is 44.8 Å². The van der Waals surface area contributed by atoms with Gasteiger partial charge in [0.25, 0.3) is 5.91 Å². The number of carbonyl (C=O) groups excluding carboxylic acids is 1. The second-order valence-electron chi connectivity index (χ2n) is 7.71. The molecule has 0 bridgehead atoms. The topological polar surface area (TPSA) is 67.9 Å². The van der Waals surface area contributed by atoms with E-state index in [0.29, 0.717) is 17.9 Å². The summed E-state index contributed by atoms with van der Waals surface area (Å²) in [5, 5.41) is 4.88. The number of thioether (sulfide) groups is 1. The van der Waals surface area contributed by atoms with Gasteiger partial charge in [-0.1, -0.05) is 36.3 Å². The highest BCUT2D eigenvalue weighted by molar-refractivity contribution is 8.18. The van der Waals surface area contributed by atoms with E-state index in [4.69, 9.17) is 9.26 Å². The van der Waals surface area contributed by atoms with Crippen LogP contribution in [0.2, 0.25) is 0 Å². The van der Waals surface area contributed by atoms with Gasteiger partial charge in [0.05, 0.1) is 17.1 Å². The molecule has 0 unspecified atom stereocenters. The standard InChI is InChI=1S/C22H23N3O3S/c1-3-16(18-12-14(2)28-24-18)19-20(26)23-21(29-19)25-10-8-22(9-11-25)17-7-5-4-6-15(17)13-27-22/h4-7,12H,3,8-11,13H2,1-2H3. The minimum atomic E-state index is -0.188. The average Bonchev–Trinajstić information content (AvgIpc) is 3.43. The first-order valence-corrected chi connectivity index (χ1v) is 10.9. The smallest absolute Gasteiger partial charge is 0.286 e. The van der Waals surface area contributed by atoms with Gasteiger partial charge in [-0.3, -0.25) is 4.79 Å². The number of hydrogen-bond acceptors (Lipinski definition) is 6. The van der Waals surface area contributed by atoms with Crippen molar-refractivity contribution in [3.8, 4) is 0 Å². The Kier molecular flexibility index (Phi) is 4.59. The zero-order valence-corrected chi connectivity index (χ0v) is 17.4. The molecule has 1 fully saturated rings. The molecule has 3 aliphatic rings. The van der Waals surface area contributed by atoms with E-state index in [9.17, 15) is 4.79 Å². The van der Waals surface area contributed by atoms with Crippen molar-refractivity contribution in [1.29, 1.82) is 0 Å². The van der Waals surface area contributed by atoms with Gasteiger partial charge in [-0.2, -0.15) is 4.99 Å². The second-order valence-corrected chi connectivity index (χ2v) is 8.69. The van der Waals surface area contributed by atoms with E-state index < -0.39 is 0 Å². The van der Waals surface area contributed by atoms with Crippen LogP contribution >= 0.6 is 11.8 Å². The summed E-state index contributed by atoms with van der Waals surface area (Å²) in [5.41, 5.74) is 4.06. The Bertz CT molecular complexity index is 1030. The highest BCUT2D eigenvalue weighted by Gasteiger charge is 2.43. The molecule has 2 aromatic rings. The summed E-state index contributed by atoms with van der Waals surface area (Å²) in [6.07, 6.45) is 2.51. The summed E-state index contributed by atoms with van der Waals surface area (Å²) in [7, 11) is 0. The second kappa shape index (κ2) is 7.15. The molecule has 0 N–H and O–H groups in total. The van der Waals surface area contributed by atoms with E-state index in [1.165, 1.54) is 22.9 Å². The normalized spacial score (nSPS) is 22.2. The third-order valence-electron chi connectivity index (χ3n) is 6.00. The van der Waals surface area contributed by atoms with E-state index >= 15 is 0 Å². The number of benzene rings is 1. The molecule has 0 saturated carbocycles.